The normalized spacial score (nSPS) is 13.8. The molecule has 0 aliphatic heterocycles. The summed E-state index contributed by atoms with van der Waals surface area (Å²) >= 11 is 0. The third-order valence-electron chi connectivity index (χ3n) is 3.22. The highest BCUT2D eigenvalue weighted by Gasteiger charge is 2.30. The average molecular weight is 325 g/mol. The number of nitrogens with zero attached hydrogens (tertiary/aromatic N) is 1. The Morgan fingerprint density at radius 3 is 2.18 bits per heavy atom. The summed E-state index contributed by atoms with van der Waals surface area (Å²) in [5.74, 6) is 0.521. The first-order valence-electron chi connectivity index (χ1n) is 7.99. The molecule has 0 rings (SSSR count). The fourth-order valence-corrected chi connectivity index (χ4v) is 2.15. The molecule has 0 saturated heterocycles. The Morgan fingerprint density at radius 2 is 1.73 bits per heavy atom. The number of rotatable bonds is 8. The van der Waals surface area contributed by atoms with Crippen LogP contribution in [0.15, 0.2) is 0 Å². The van der Waals surface area contributed by atoms with Crippen LogP contribution in [0, 0.1) is 5.92 Å². The molecule has 0 aromatic carbocycles. The zero-order valence-electron chi connectivity index (χ0n) is 14.4. The first kappa shape index (κ1) is 21.1. The number of carbonyl (C=O) groups excluding carboxylic acids is 1. The topological polar surface area (TPSA) is 29.5 Å². The number of amides is 1. The van der Waals surface area contributed by atoms with Gasteiger partial charge < -0.3 is 9.64 Å². The van der Waals surface area contributed by atoms with Gasteiger partial charge in [-0.15, -0.1) is 0 Å². The highest BCUT2D eigenvalue weighted by molar-refractivity contribution is 5.68. The molecule has 1 atom stereocenters. The summed E-state index contributed by atoms with van der Waals surface area (Å²) in [5.41, 5.74) is -0.705. The summed E-state index contributed by atoms with van der Waals surface area (Å²) < 4.78 is 42.4. The van der Waals surface area contributed by atoms with Crippen molar-refractivity contribution in [2.75, 3.05) is 13.1 Å². The van der Waals surface area contributed by atoms with Gasteiger partial charge in [0.05, 0.1) is 6.42 Å². The summed E-state index contributed by atoms with van der Waals surface area (Å²) in [5, 5.41) is 0. The van der Waals surface area contributed by atoms with Crippen LogP contribution >= 0.6 is 0 Å². The average Bonchev–Trinajstić information content (AvgIpc) is 2.30. The van der Waals surface area contributed by atoms with E-state index in [1.165, 1.54) is 4.90 Å². The molecule has 1 unspecified atom stereocenters. The van der Waals surface area contributed by atoms with E-state index in [9.17, 15) is 18.0 Å². The van der Waals surface area contributed by atoms with E-state index in [1.807, 2.05) is 0 Å². The zero-order valence-corrected chi connectivity index (χ0v) is 14.4. The van der Waals surface area contributed by atoms with E-state index in [0.29, 0.717) is 18.9 Å². The molecule has 0 fully saturated rings. The lowest BCUT2D eigenvalue weighted by Crippen LogP contribution is -2.39. The van der Waals surface area contributed by atoms with Gasteiger partial charge in [0.2, 0.25) is 0 Å². The third-order valence-corrected chi connectivity index (χ3v) is 3.22. The van der Waals surface area contributed by atoms with Crippen molar-refractivity contribution in [2.24, 2.45) is 5.92 Å². The smallest absolute Gasteiger partial charge is 0.410 e. The van der Waals surface area contributed by atoms with E-state index < -0.39 is 24.3 Å². The van der Waals surface area contributed by atoms with Crippen LogP contribution < -0.4 is 0 Å². The molecule has 0 heterocycles. The lowest BCUT2D eigenvalue weighted by atomic mass is 10.0. The van der Waals surface area contributed by atoms with E-state index >= 15 is 0 Å². The largest absolute Gasteiger partial charge is 0.444 e. The minimum Gasteiger partial charge on any atom is -0.444 e. The first-order chi connectivity index (χ1) is 9.94. The molecule has 1 amide bonds. The van der Waals surface area contributed by atoms with E-state index in [1.54, 1.807) is 20.8 Å². The van der Waals surface area contributed by atoms with Crippen molar-refractivity contribution in [3.05, 3.63) is 0 Å². The zero-order chi connectivity index (χ0) is 17.4. The minimum atomic E-state index is -4.27. The van der Waals surface area contributed by atoms with E-state index in [4.69, 9.17) is 4.74 Å². The highest BCUT2D eigenvalue weighted by Crippen LogP contribution is 2.21. The molecule has 0 radical (unpaired) electrons. The Hall–Kier alpha value is -0.940. The van der Waals surface area contributed by atoms with Crippen LogP contribution in [0.3, 0.4) is 0 Å². The molecule has 0 aliphatic carbocycles. The number of carbonyl (C=O) groups is 1. The van der Waals surface area contributed by atoms with Crippen LogP contribution in [0.4, 0.5) is 18.0 Å². The van der Waals surface area contributed by atoms with E-state index in [2.05, 4.69) is 13.8 Å². The van der Waals surface area contributed by atoms with Gasteiger partial charge in [0, 0.05) is 13.1 Å². The van der Waals surface area contributed by atoms with Crippen molar-refractivity contribution in [1.29, 1.82) is 0 Å². The molecule has 6 heteroatoms. The monoisotopic (exact) mass is 325 g/mol. The summed E-state index contributed by atoms with van der Waals surface area (Å²) in [6, 6.07) is 0. The summed E-state index contributed by atoms with van der Waals surface area (Å²) in [6.45, 7) is 9.30. The van der Waals surface area contributed by atoms with Crippen LogP contribution in [0.1, 0.15) is 66.7 Å². The quantitative estimate of drug-likeness (QED) is 0.598. The molecule has 0 spiro atoms. The maximum atomic E-state index is 12.4. The van der Waals surface area contributed by atoms with Crippen molar-refractivity contribution < 1.29 is 22.7 Å². The van der Waals surface area contributed by atoms with Gasteiger partial charge in [-0.2, -0.15) is 13.2 Å². The maximum absolute atomic E-state index is 12.4. The lowest BCUT2D eigenvalue weighted by Gasteiger charge is -2.28. The van der Waals surface area contributed by atoms with E-state index in [0.717, 1.165) is 19.3 Å². The molecule has 132 valence electrons. The molecular weight excluding hydrogens is 295 g/mol. The van der Waals surface area contributed by atoms with Crippen molar-refractivity contribution in [3.63, 3.8) is 0 Å². The first-order valence-corrected chi connectivity index (χ1v) is 7.99. The summed E-state index contributed by atoms with van der Waals surface area (Å²) in [4.78, 5) is 13.2. The van der Waals surface area contributed by atoms with Gasteiger partial charge in [-0.3, -0.25) is 0 Å². The van der Waals surface area contributed by atoms with Gasteiger partial charge in [-0.25, -0.2) is 4.79 Å². The van der Waals surface area contributed by atoms with Crippen LogP contribution in [0.25, 0.3) is 0 Å². The van der Waals surface area contributed by atoms with Gasteiger partial charge in [-0.1, -0.05) is 26.7 Å². The van der Waals surface area contributed by atoms with Crippen molar-refractivity contribution in [3.8, 4) is 0 Å². The van der Waals surface area contributed by atoms with Crippen LogP contribution in [0.2, 0.25) is 0 Å². The number of hydrogen-bond donors (Lipinski definition) is 0. The van der Waals surface area contributed by atoms with Crippen LogP contribution in [0.5, 0.6) is 0 Å². The highest BCUT2D eigenvalue weighted by atomic mass is 19.4. The Kier molecular flexibility index (Phi) is 8.86. The lowest BCUT2D eigenvalue weighted by molar-refractivity contribution is -0.137. The predicted octanol–water partition coefficient (Wildman–Crippen LogP) is 5.39. The van der Waals surface area contributed by atoms with Crippen LogP contribution in [-0.4, -0.2) is 35.9 Å². The Labute approximate surface area is 132 Å². The Morgan fingerprint density at radius 1 is 1.14 bits per heavy atom. The van der Waals surface area contributed by atoms with Crippen molar-refractivity contribution in [1.82, 2.24) is 4.90 Å². The summed E-state index contributed by atoms with van der Waals surface area (Å²) in [6.07, 6.45) is -2.16. The second-order valence-corrected chi connectivity index (χ2v) is 6.87. The fourth-order valence-electron chi connectivity index (χ4n) is 2.15. The van der Waals surface area contributed by atoms with Gasteiger partial charge in [0.15, 0.2) is 0 Å². The van der Waals surface area contributed by atoms with Crippen molar-refractivity contribution >= 4 is 6.09 Å². The number of alkyl halides is 3. The standard InChI is InChI=1S/C16H30F3NO2/c1-6-8-13(2)9-7-11-20(12-10-16(17,18)19)14(21)22-15(3,4)5/h13H,6-12H2,1-5H3. The Bertz CT molecular complexity index is 324. The van der Waals surface area contributed by atoms with Gasteiger partial charge in [0.25, 0.3) is 0 Å². The van der Waals surface area contributed by atoms with Gasteiger partial charge in [-0.05, 0) is 39.5 Å². The molecule has 0 N–H and O–H groups in total. The second kappa shape index (κ2) is 9.26. The molecule has 0 aliphatic rings. The van der Waals surface area contributed by atoms with Crippen LogP contribution in [-0.2, 0) is 4.74 Å². The number of halogens is 3. The summed E-state index contributed by atoms with van der Waals surface area (Å²) in [7, 11) is 0. The second-order valence-electron chi connectivity index (χ2n) is 6.87. The van der Waals surface area contributed by atoms with Gasteiger partial charge in [0.1, 0.15) is 5.60 Å². The van der Waals surface area contributed by atoms with E-state index in [-0.39, 0.29) is 6.54 Å². The molecular formula is C16H30F3NO2. The molecule has 0 bridgehead atoms. The SMILES string of the molecule is CCCC(C)CCCN(CCC(F)(F)F)C(=O)OC(C)(C)C. The fraction of sp³-hybridized carbons (Fsp3) is 0.938. The molecule has 0 saturated carbocycles. The molecule has 3 nitrogen and oxygen atoms in total. The Balaban J connectivity index is 4.48. The maximum Gasteiger partial charge on any atom is 0.410 e. The number of ether oxygens (including phenoxy) is 1. The van der Waals surface area contributed by atoms with Gasteiger partial charge >= 0.3 is 12.3 Å². The molecule has 22 heavy (non-hydrogen) atoms. The van der Waals surface area contributed by atoms with Crippen molar-refractivity contribution in [2.45, 2.75) is 78.5 Å². The molecule has 0 aromatic heterocycles. The minimum absolute atomic E-state index is 0.305. The predicted molar refractivity (Wildman–Crippen MR) is 81.8 cm³/mol. The number of hydrogen-bond acceptors (Lipinski definition) is 2. The third kappa shape index (κ3) is 11.7. The molecule has 0 aromatic rings.